The zero-order valence-electron chi connectivity index (χ0n) is 12.4. The third-order valence-electron chi connectivity index (χ3n) is 3.66. The molecule has 0 saturated heterocycles. The Kier molecular flexibility index (Phi) is 4.72. The quantitative estimate of drug-likeness (QED) is 0.854. The largest absolute Gasteiger partial charge is 0.411 e. The minimum absolute atomic E-state index is 0.0260. The average Bonchev–Trinajstić information content (AvgIpc) is 3.20. The summed E-state index contributed by atoms with van der Waals surface area (Å²) in [7, 11) is 0. The number of amides is 1. The first-order chi connectivity index (χ1) is 10.7. The Morgan fingerprint density at radius 3 is 2.95 bits per heavy atom. The van der Waals surface area contributed by atoms with Gasteiger partial charge in [0.15, 0.2) is 0 Å². The van der Waals surface area contributed by atoms with Gasteiger partial charge in [-0.2, -0.15) is 0 Å². The molecule has 0 radical (unpaired) electrons. The minimum Gasteiger partial charge on any atom is -0.411 e. The highest BCUT2D eigenvalue weighted by molar-refractivity contribution is 8.00. The second-order valence-corrected chi connectivity index (χ2v) is 6.66. The summed E-state index contributed by atoms with van der Waals surface area (Å²) in [5, 5.41) is 11.2. The van der Waals surface area contributed by atoms with E-state index in [0.717, 1.165) is 18.4 Å². The van der Waals surface area contributed by atoms with Crippen molar-refractivity contribution < 1.29 is 9.21 Å². The summed E-state index contributed by atoms with van der Waals surface area (Å²) in [4.78, 5) is 16.2. The second kappa shape index (κ2) is 6.91. The van der Waals surface area contributed by atoms with Crippen LogP contribution in [0.2, 0.25) is 0 Å². The van der Waals surface area contributed by atoms with Crippen LogP contribution in [-0.2, 0) is 4.79 Å². The standard InChI is InChI=1S/C15H18N4O2S/c1-10(13(20)17-12-6-2-3-7-12)22-15-19-18-14(21-15)11-5-4-8-16-9-11/h4-5,8-10,12H,2-3,6-7H2,1H3,(H,17,20)/t10-/m1/s1. The van der Waals surface area contributed by atoms with Crippen LogP contribution in [-0.4, -0.2) is 32.4 Å². The number of carbonyl (C=O) groups is 1. The van der Waals surface area contributed by atoms with Gasteiger partial charge in [0.1, 0.15) is 0 Å². The topological polar surface area (TPSA) is 80.9 Å². The molecule has 6 nitrogen and oxygen atoms in total. The summed E-state index contributed by atoms with van der Waals surface area (Å²) in [5.41, 5.74) is 0.768. The molecule has 116 valence electrons. The fourth-order valence-corrected chi connectivity index (χ4v) is 3.15. The molecule has 0 unspecified atom stereocenters. The Labute approximate surface area is 133 Å². The normalized spacial score (nSPS) is 16.6. The number of nitrogens with one attached hydrogen (secondary N) is 1. The van der Waals surface area contributed by atoms with Crippen molar-refractivity contribution in [2.45, 2.75) is 49.1 Å². The maximum absolute atomic E-state index is 12.1. The fraction of sp³-hybridized carbons (Fsp3) is 0.467. The number of hydrogen-bond acceptors (Lipinski definition) is 6. The molecule has 0 spiro atoms. The number of rotatable bonds is 5. The van der Waals surface area contributed by atoms with Gasteiger partial charge < -0.3 is 9.73 Å². The van der Waals surface area contributed by atoms with Crippen LogP contribution in [0.5, 0.6) is 0 Å². The van der Waals surface area contributed by atoms with Gasteiger partial charge in [0, 0.05) is 18.4 Å². The highest BCUT2D eigenvalue weighted by Crippen LogP contribution is 2.26. The summed E-state index contributed by atoms with van der Waals surface area (Å²) in [6.45, 7) is 1.85. The molecule has 1 aliphatic carbocycles. The SMILES string of the molecule is C[C@@H](Sc1nnc(-c2cccnc2)o1)C(=O)NC1CCCC1. The Morgan fingerprint density at radius 2 is 2.23 bits per heavy atom. The molecule has 2 aromatic rings. The van der Waals surface area contributed by atoms with Crippen molar-refractivity contribution >= 4 is 17.7 Å². The van der Waals surface area contributed by atoms with Crippen LogP contribution in [0.25, 0.3) is 11.5 Å². The van der Waals surface area contributed by atoms with E-state index in [0.29, 0.717) is 17.2 Å². The van der Waals surface area contributed by atoms with Crippen LogP contribution >= 0.6 is 11.8 Å². The minimum atomic E-state index is -0.261. The van der Waals surface area contributed by atoms with Crippen LogP contribution in [0, 0.1) is 0 Å². The molecule has 1 atom stereocenters. The van der Waals surface area contributed by atoms with Gasteiger partial charge in [0.25, 0.3) is 5.22 Å². The van der Waals surface area contributed by atoms with E-state index in [-0.39, 0.29) is 11.2 Å². The predicted molar refractivity (Wildman–Crippen MR) is 83.2 cm³/mol. The van der Waals surface area contributed by atoms with Crippen molar-refractivity contribution in [2.24, 2.45) is 0 Å². The zero-order chi connectivity index (χ0) is 15.4. The van der Waals surface area contributed by atoms with Gasteiger partial charge >= 0.3 is 0 Å². The first-order valence-corrected chi connectivity index (χ1v) is 8.31. The molecule has 1 N–H and O–H groups in total. The average molecular weight is 318 g/mol. The molecule has 1 fully saturated rings. The highest BCUT2D eigenvalue weighted by Gasteiger charge is 2.23. The Morgan fingerprint density at radius 1 is 1.41 bits per heavy atom. The van der Waals surface area contributed by atoms with Crippen molar-refractivity contribution in [3.05, 3.63) is 24.5 Å². The lowest BCUT2D eigenvalue weighted by Crippen LogP contribution is -2.37. The number of thioether (sulfide) groups is 1. The van der Waals surface area contributed by atoms with E-state index < -0.39 is 0 Å². The smallest absolute Gasteiger partial charge is 0.277 e. The molecule has 0 aromatic carbocycles. The third-order valence-corrected chi connectivity index (χ3v) is 4.60. The van der Waals surface area contributed by atoms with E-state index >= 15 is 0 Å². The number of hydrogen-bond donors (Lipinski definition) is 1. The third kappa shape index (κ3) is 3.65. The molecule has 7 heteroatoms. The van der Waals surface area contributed by atoms with E-state index in [2.05, 4.69) is 20.5 Å². The summed E-state index contributed by atoms with van der Waals surface area (Å²) < 4.78 is 5.58. The molecule has 1 saturated carbocycles. The fourth-order valence-electron chi connectivity index (χ4n) is 2.46. The van der Waals surface area contributed by atoms with Crippen molar-refractivity contribution in [3.8, 4) is 11.5 Å². The number of pyridine rings is 1. The molecule has 1 amide bonds. The molecule has 0 aliphatic heterocycles. The molecular formula is C15H18N4O2S. The molecular weight excluding hydrogens is 300 g/mol. The van der Waals surface area contributed by atoms with E-state index in [1.54, 1.807) is 12.4 Å². The highest BCUT2D eigenvalue weighted by atomic mass is 32.2. The van der Waals surface area contributed by atoms with E-state index in [4.69, 9.17) is 4.42 Å². The van der Waals surface area contributed by atoms with Gasteiger partial charge in [-0.05, 0) is 31.9 Å². The number of aromatic nitrogens is 3. The van der Waals surface area contributed by atoms with Gasteiger partial charge in [-0.3, -0.25) is 9.78 Å². The predicted octanol–water partition coefficient (Wildman–Crippen LogP) is 2.67. The lowest BCUT2D eigenvalue weighted by molar-refractivity contribution is -0.120. The van der Waals surface area contributed by atoms with Gasteiger partial charge in [-0.1, -0.05) is 24.6 Å². The van der Waals surface area contributed by atoms with E-state index in [1.165, 1.54) is 24.6 Å². The maximum atomic E-state index is 12.1. The molecule has 0 bridgehead atoms. The molecule has 2 aromatic heterocycles. The molecule has 22 heavy (non-hydrogen) atoms. The summed E-state index contributed by atoms with van der Waals surface area (Å²) in [5.74, 6) is 0.442. The Hall–Kier alpha value is -1.89. The van der Waals surface area contributed by atoms with Crippen LogP contribution in [0.3, 0.4) is 0 Å². The van der Waals surface area contributed by atoms with Gasteiger partial charge in [0.05, 0.1) is 10.8 Å². The Bertz CT molecular complexity index is 625. The van der Waals surface area contributed by atoms with Crippen molar-refractivity contribution in [3.63, 3.8) is 0 Å². The van der Waals surface area contributed by atoms with Gasteiger partial charge in [0.2, 0.25) is 11.8 Å². The summed E-state index contributed by atoms with van der Waals surface area (Å²) in [6, 6.07) is 3.99. The number of carbonyl (C=O) groups excluding carboxylic acids is 1. The van der Waals surface area contributed by atoms with E-state index in [9.17, 15) is 4.79 Å². The van der Waals surface area contributed by atoms with Crippen molar-refractivity contribution in [1.29, 1.82) is 0 Å². The van der Waals surface area contributed by atoms with E-state index in [1.807, 2.05) is 19.1 Å². The lowest BCUT2D eigenvalue weighted by Gasteiger charge is -2.14. The zero-order valence-corrected chi connectivity index (χ0v) is 13.2. The van der Waals surface area contributed by atoms with Crippen LogP contribution in [0.15, 0.2) is 34.2 Å². The second-order valence-electron chi connectivity index (χ2n) is 5.36. The Balaban J connectivity index is 1.58. The first-order valence-electron chi connectivity index (χ1n) is 7.43. The van der Waals surface area contributed by atoms with Crippen molar-refractivity contribution in [2.75, 3.05) is 0 Å². The number of nitrogens with zero attached hydrogens (tertiary/aromatic N) is 3. The van der Waals surface area contributed by atoms with Crippen LogP contribution in [0.1, 0.15) is 32.6 Å². The van der Waals surface area contributed by atoms with Crippen LogP contribution in [0.4, 0.5) is 0 Å². The monoisotopic (exact) mass is 318 g/mol. The lowest BCUT2D eigenvalue weighted by atomic mass is 10.2. The molecule has 3 rings (SSSR count). The molecule has 2 heterocycles. The summed E-state index contributed by atoms with van der Waals surface area (Å²) >= 11 is 1.28. The maximum Gasteiger partial charge on any atom is 0.277 e. The molecule has 1 aliphatic rings. The van der Waals surface area contributed by atoms with Crippen LogP contribution < -0.4 is 5.32 Å². The summed E-state index contributed by atoms with van der Waals surface area (Å²) in [6.07, 6.45) is 7.90. The van der Waals surface area contributed by atoms with Crippen molar-refractivity contribution in [1.82, 2.24) is 20.5 Å². The first kappa shape index (κ1) is 15.0. The van der Waals surface area contributed by atoms with Gasteiger partial charge in [-0.15, -0.1) is 10.2 Å². The van der Waals surface area contributed by atoms with Gasteiger partial charge in [-0.25, -0.2) is 0 Å².